The maximum Gasteiger partial charge on any atom is 0.159 e. The smallest absolute Gasteiger partial charge is 0.159 e. The molecule has 0 fully saturated rings. The van der Waals surface area contributed by atoms with Gasteiger partial charge in [-0.05, 0) is 24.3 Å². The van der Waals surface area contributed by atoms with E-state index in [0.29, 0.717) is 5.82 Å². The zero-order valence-electron chi connectivity index (χ0n) is 8.31. The maximum atomic E-state index is 12.8. The molecule has 3 rings (SSSR count). The van der Waals surface area contributed by atoms with Crippen molar-refractivity contribution in [2.45, 2.75) is 0 Å². The van der Waals surface area contributed by atoms with Crippen molar-refractivity contribution in [3.05, 3.63) is 48.7 Å². The van der Waals surface area contributed by atoms with Crippen LogP contribution < -0.4 is 0 Å². The number of hydrogen-bond acceptors (Lipinski definition) is 2. The molecule has 0 unspecified atom stereocenters. The van der Waals surface area contributed by atoms with Crippen LogP contribution in [0, 0.1) is 5.82 Å². The summed E-state index contributed by atoms with van der Waals surface area (Å²) in [6.07, 6.45) is 5.39. The first-order valence-corrected chi connectivity index (χ1v) is 4.88. The highest BCUT2D eigenvalue weighted by molar-refractivity contribution is 5.78. The van der Waals surface area contributed by atoms with Gasteiger partial charge in [0.25, 0.3) is 0 Å². The molecule has 0 spiro atoms. The summed E-state index contributed by atoms with van der Waals surface area (Å²) in [4.78, 5) is 11.6. The van der Waals surface area contributed by atoms with Crippen molar-refractivity contribution in [2.75, 3.05) is 0 Å². The molecule has 1 N–H and O–H groups in total. The molecule has 0 saturated carbocycles. The minimum atomic E-state index is -0.258. The highest BCUT2D eigenvalue weighted by Gasteiger charge is 2.03. The molecule has 3 aromatic rings. The zero-order valence-corrected chi connectivity index (χ0v) is 8.31. The minimum Gasteiger partial charge on any atom is -0.365 e. The van der Waals surface area contributed by atoms with Crippen LogP contribution in [-0.4, -0.2) is 15.0 Å². The van der Waals surface area contributed by atoms with Crippen LogP contribution in [0.5, 0.6) is 0 Å². The third-order valence-corrected chi connectivity index (χ3v) is 2.41. The summed E-state index contributed by atoms with van der Waals surface area (Å²) in [5.74, 6) is 0.346. The number of hydrogen-bond donors (Lipinski definition) is 1. The summed E-state index contributed by atoms with van der Waals surface area (Å²) in [6, 6.07) is 6.15. The predicted molar refractivity (Wildman–Crippen MR) is 59.3 cm³/mol. The molecule has 0 aliphatic rings. The molecule has 1 aromatic carbocycles. The third-order valence-electron chi connectivity index (χ3n) is 2.41. The number of aromatic amines is 1. The second-order valence-corrected chi connectivity index (χ2v) is 3.50. The first-order valence-electron chi connectivity index (χ1n) is 4.88. The van der Waals surface area contributed by atoms with Gasteiger partial charge in [-0.2, -0.15) is 0 Å². The third kappa shape index (κ3) is 1.44. The molecule has 0 aliphatic carbocycles. The lowest BCUT2D eigenvalue weighted by molar-refractivity contribution is 0.628. The van der Waals surface area contributed by atoms with Gasteiger partial charge >= 0.3 is 0 Å². The molecule has 16 heavy (non-hydrogen) atoms. The molecule has 0 bridgehead atoms. The van der Waals surface area contributed by atoms with Gasteiger partial charge in [-0.25, -0.2) is 14.4 Å². The first-order chi connectivity index (χ1) is 7.83. The Morgan fingerprint density at radius 1 is 1.06 bits per heavy atom. The van der Waals surface area contributed by atoms with Gasteiger partial charge in [0, 0.05) is 29.5 Å². The highest BCUT2D eigenvalue weighted by atomic mass is 19.1. The van der Waals surface area contributed by atoms with Gasteiger partial charge in [0.2, 0.25) is 0 Å². The summed E-state index contributed by atoms with van der Waals surface area (Å²) >= 11 is 0. The number of halogens is 1. The Bertz CT molecular complexity index is 628. The van der Waals surface area contributed by atoms with E-state index in [1.807, 2.05) is 12.4 Å². The maximum absolute atomic E-state index is 12.8. The Hall–Kier alpha value is -2.23. The van der Waals surface area contributed by atoms with Gasteiger partial charge in [-0.15, -0.1) is 0 Å². The Kier molecular flexibility index (Phi) is 1.93. The van der Waals surface area contributed by atoms with E-state index in [1.165, 1.54) is 12.1 Å². The van der Waals surface area contributed by atoms with Crippen LogP contribution in [0.3, 0.4) is 0 Å². The molecular formula is C12H8FN3. The number of nitrogens with zero attached hydrogens (tertiary/aromatic N) is 2. The van der Waals surface area contributed by atoms with Crippen molar-refractivity contribution in [1.29, 1.82) is 0 Å². The van der Waals surface area contributed by atoms with Crippen LogP contribution >= 0.6 is 0 Å². The second-order valence-electron chi connectivity index (χ2n) is 3.50. The summed E-state index contributed by atoms with van der Waals surface area (Å²) in [7, 11) is 0. The van der Waals surface area contributed by atoms with Crippen molar-refractivity contribution in [1.82, 2.24) is 15.0 Å². The SMILES string of the molecule is Fc1ccc(-c2ncc3c[nH]cc3n2)cc1. The zero-order chi connectivity index (χ0) is 11.0. The number of H-pyrrole nitrogens is 1. The minimum absolute atomic E-state index is 0.258. The quantitative estimate of drug-likeness (QED) is 0.675. The Balaban J connectivity index is 2.14. The predicted octanol–water partition coefficient (Wildman–Crippen LogP) is 2.76. The molecule has 0 saturated heterocycles. The van der Waals surface area contributed by atoms with Gasteiger partial charge in [0.05, 0.1) is 5.52 Å². The molecule has 0 amide bonds. The summed E-state index contributed by atoms with van der Waals surface area (Å²) in [5.41, 5.74) is 1.67. The lowest BCUT2D eigenvalue weighted by Crippen LogP contribution is -1.88. The highest BCUT2D eigenvalue weighted by Crippen LogP contribution is 2.18. The van der Waals surface area contributed by atoms with Crippen LogP contribution in [0.25, 0.3) is 22.3 Å². The molecule has 4 heteroatoms. The molecule has 0 aliphatic heterocycles. The van der Waals surface area contributed by atoms with E-state index >= 15 is 0 Å². The van der Waals surface area contributed by atoms with Gasteiger partial charge in [-0.1, -0.05) is 0 Å². The fourth-order valence-electron chi connectivity index (χ4n) is 1.58. The van der Waals surface area contributed by atoms with Crippen LogP contribution in [0.1, 0.15) is 0 Å². The van der Waals surface area contributed by atoms with E-state index in [4.69, 9.17) is 0 Å². The van der Waals surface area contributed by atoms with E-state index in [1.54, 1.807) is 18.3 Å². The Labute approximate surface area is 91.0 Å². The summed E-state index contributed by atoms with van der Waals surface area (Å²) in [5, 5.41) is 0.964. The lowest BCUT2D eigenvalue weighted by atomic mass is 10.2. The van der Waals surface area contributed by atoms with E-state index in [-0.39, 0.29) is 5.82 Å². The van der Waals surface area contributed by atoms with Crippen LogP contribution in [-0.2, 0) is 0 Å². The Morgan fingerprint density at radius 3 is 2.69 bits per heavy atom. The lowest BCUT2D eigenvalue weighted by Gasteiger charge is -1.99. The van der Waals surface area contributed by atoms with E-state index < -0.39 is 0 Å². The number of nitrogens with one attached hydrogen (secondary N) is 1. The molecule has 0 radical (unpaired) electrons. The van der Waals surface area contributed by atoms with Gasteiger partial charge < -0.3 is 4.98 Å². The van der Waals surface area contributed by atoms with E-state index in [0.717, 1.165) is 16.5 Å². The molecule has 2 heterocycles. The Morgan fingerprint density at radius 2 is 1.88 bits per heavy atom. The fraction of sp³-hybridized carbons (Fsp3) is 0. The number of rotatable bonds is 1. The van der Waals surface area contributed by atoms with Crippen molar-refractivity contribution >= 4 is 10.9 Å². The van der Waals surface area contributed by atoms with Crippen LogP contribution in [0.15, 0.2) is 42.9 Å². The first kappa shape index (κ1) is 9.03. The summed E-state index contributed by atoms with van der Waals surface area (Å²) in [6.45, 7) is 0. The molecule has 3 nitrogen and oxygen atoms in total. The van der Waals surface area contributed by atoms with Crippen molar-refractivity contribution in [3.63, 3.8) is 0 Å². The standard InChI is InChI=1S/C12H8FN3/c13-10-3-1-8(2-4-10)12-15-6-9-5-14-7-11(9)16-12/h1-7,14H. The number of fused-ring (bicyclic) bond motifs is 1. The fourth-order valence-corrected chi connectivity index (χ4v) is 1.58. The largest absolute Gasteiger partial charge is 0.365 e. The van der Waals surface area contributed by atoms with Crippen LogP contribution in [0.4, 0.5) is 4.39 Å². The molecular weight excluding hydrogens is 205 g/mol. The number of aromatic nitrogens is 3. The summed E-state index contributed by atoms with van der Waals surface area (Å²) < 4.78 is 12.8. The normalized spacial score (nSPS) is 10.8. The molecule has 78 valence electrons. The number of benzene rings is 1. The van der Waals surface area contributed by atoms with Crippen molar-refractivity contribution < 1.29 is 4.39 Å². The van der Waals surface area contributed by atoms with Crippen LogP contribution in [0.2, 0.25) is 0 Å². The average Bonchev–Trinajstić information content (AvgIpc) is 2.77. The molecule has 0 atom stereocenters. The van der Waals surface area contributed by atoms with Gasteiger partial charge in [-0.3, -0.25) is 0 Å². The molecule has 2 aromatic heterocycles. The van der Waals surface area contributed by atoms with E-state index in [9.17, 15) is 4.39 Å². The second kappa shape index (κ2) is 3.41. The topological polar surface area (TPSA) is 41.6 Å². The van der Waals surface area contributed by atoms with Crippen molar-refractivity contribution in [2.24, 2.45) is 0 Å². The van der Waals surface area contributed by atoms with Gasteiger partial charge in [0.1, 0.15) is 5.82 Å². The van der Waals surface area contributed by atoms with E-state index in [2.05, 4.69) is 15.0 Å². The van der Waals surface area contributed by atoms with Gasteiger partial charge in [0.15, 0.2) is 5.82 Å². The monoisotopic (exact) mass is 213 g/mol. The van der Waals surface area contributed by atoms with Crippen molar-refractivity contribution in [3.8, 4) is 11.4 Å². The average molecular weight is 213 g/mol.